The summed E-state index contributed by atoms with van der Waals surface area (Å²) < 4.78 is 6.78. The predicted molar refractivity (Wildman–Crippen MR) is 79.9 cm³/mol. The summed E-state index contributed by atoms with van der Waals surface area (Å²) >= 11 is 3.44. The van der Waals surface area contributed by atoms with Crippen LogP contribution in [0.1, 0.15) is 11.1 Å². The van der Waals surface area contributed by atoms with Crippen LogP contribution in [0.25, 0.3) is 6.08 Å². The highest BCUT2D eigenvalue weighted by molar-refractivity contribution is 9.10. The Balaban J connectivity index is 1.91. The third-order valence-electron chi connectivity index (χ3n) is 2.58. The zero-order valence-corrected chi connectivity index (χ0v) is 11.9. The van der Waals surface area contributed by atoms with Crippen LogP contribution in [0.3, 0.4) is 0 Å². The first-order valence-corrected chi connectivity index (χ1v) is 6.65. The minimum Gasteiger partial charge on any atom is -0.489 e. The molecule has 0 aliphatic carbocycles. The Hall–Kier alpha value is -1.54. The number of hydrogen-bond acceptors (Lipinski definition) is 1. The molecule has 0 saturated heterocycles. The van der Waals surface area contributed by atoms with Gasteiger partial charge in [0.05, 0.1) is 0 Å². The van der Waals surface area contributed by atoms with Gasteiger partial charge in [-0.25, -0.2) is 0 Å². The van der Waals surface area contributed by atoms with Crippen LogP contribution in [0.2, 0.25) is 0 Å². The van der Waals surface area contributed by atoms with E-state index in [4.69, 9.17) is 4.74 Å². The number of halogens is 1. The first-order chi connectivity index (χ1) is 8.75. The number of aryl methyl sites for hydroxylation is 1. The number of benzene rings is 2. The summed E-state index contributed by atoms with van der Waals surface area (Å²) in [6.07, 6.45) is 4.09. The molecule has 2 aromatic rings. The quantitative estimate of drug-likeness (QED) is 0.784. The van der Waals surface area contributed by atoms with Crippen LogP contribution in [0.4, 0.5) is 0 Å². The van der Waals surface area contributed by atoms with Crippen LogP contribution in [-0.4, -0.2) is 6.61 Å². The Morgan fingerprint density at radius 3 is 2.61 bits per heavy atom. The van der Waals surface area contributed by atoms with Gasteiger partial charge in [0.15, 0.2) is 0 Å². The number of rotatable bonds is 4. The molecule has 2 aromatic carbocycles. The van der Waals surface area contributed by atoms with Gasteiger partial charge in [0, 0.05) is 4.47 Å². The minimum absolute atomic E-state index is 0.581. The molecular weight excluding hydrogens is 288 g/mol. The summed E-state index contributed by atoms with van der Waals surface area (Å²) in [7, 11) is 0. The van der Waals surface area contributed by atoms with Gasteiger partial charge in [-0.2, -0.15) is 0 Å². The Morgan fingerprint density at radius 1 is 1.11 bits per heavy atom. The Morgan fingerprint density at radius 2 is 1.89 bits per heavy atom. The van der Waals surface area contributed by atoms with Crippen molar-refractivity contribution in [1.29, 1.82) is 0 Å². The van der Waals surface area contributed by atoms with Crippen molar-refractivity contribution in [2.75, 3.05) is 6.61 Å². The van der Waals surface area contributed by atoms with Crippen molar-refractivity contribution >= 4 is 22.0 Å². The summed E-state index contributed by atoms with van der Waals surface area (Å²) in [6, 6.07) is 16.2. The van der Waals surface area contributed by atoms with Gasteiger partial charge in [-0.05, 0) is 42.3 Å². The smallest absolute Gasteiger partial charge is 0.122 e. The van der Waals surface area contributed by atoms with Crippen molar-refractivity contribution in [3.05, 3.63) is 70.2 Å². The normalized spacial score (nSPS) is 10.8. The minimum atomic E-state index is 0.581. The topological polar surface area (TPSA) is 9.23 Å². The summed E-state index contributed by atoms with van der Waals surface area (Å²) in [6.45, 7) is 2.62. The Bertz CT molecular complexity index is 532. The average Bonchev–Trinajstić information content (AvgIpc) is 2.38. The molecule has 0 amide bonds. The monoisotopic (exact) mass is 302 g/mol. The van der Waals surface area contributed by atoms with Gasteiger partial charge >= 0.3 is 0 Å². The van der Waals surface area contributed by atoms with Crippen LogP contribution in [-0.2, 0) is 0 Å². The van der Waals surface area contributed by atoms with Crippen molar-refractivity contribution in [3.63, 3.8) is 0 Å². The van der Waals surface area contributed by atoms with Gasteiger partial charge in [0.2, 0.25) is 0 Å². The summed E-state index contributed by atoms with van der Waals surface area (Å²) in [5, 5.41) is 0. The maximum Gasteiger partial charge on any atom is 0.122 e. The molecule has 0 bridgehead atoms. The van der Waals surface area contributed by atoms with Crippen LogP contribution < -0.4 is 4.74 Å². The van der Waals surface area contributed by atoms with Gasteiger partial charge in [-0.1, -0.05) is 52.3 Å². The van der Waals surface area contributed by atoms with Gasteiger partial charge in [-0.3, -0.25) is 0 Å². The van der Waals surface area contributed by atoms with E-state index in [0.717, 1.165) is 15.8 Å². The molecular formula is C16H15BrO. The van der Waals surface area contributed by atoms with E-state index in [0.29, 0.717) is 6.61 Å². The van der Waals surface area contributed by atoms with E-state index in [9.17, 15) is 0 Å². The molecule has 0 aliphatic rings. The van der Waals surface area contributed by atoms with E-state index in [1.54, 1.807) is 0 Å². The molecule has 0 aromatic heterocycles. The summed E-state index contributed by atoms with van der Waals surface area (Å²) in [5.41, 5.74) is 2.33. The fourth-order valence-electron chi connectivity index (χ4n) is 1.66. The van der Waals surface area contributed by atoms with Crippen molar-refractivity contribution in [2.45, 2.75) is 6.92 Å². The Labute approximate surface area is 116 Å². The molecule has 18 heavy (non-hydrogen) atoms. The fourth-order valence-corrected chi connectivity index (χ4v) is 2.14. The molecule has 0 atom stereocenters. The van der Waals surface area contributed by atoms with Crippen LogP contribution in [0.15, 0.2) is 59.1 Å². The van der Waals surface area contributed by atoms with Crippen molar-refractivity contribution in [3.8, 4) is 5.75 Å². The molecule has 0 saturated carbocycles. The number of ether oxygens (including phenoxy) is 1. The lowest BCUT2D eigenvalue weighted by molar-refractivity contribution is 0.361. The molecule has 0 heterocycles. The van der Waals surface area contributed by atoms with Crippen molar-refractivity contribution < 1.29 is 4.74 Å². The molecule has 2 rings (SSSR count). The van der Waals surface area contributed by atoms with E-state index in [1.807, 2.05) is 43.3 Å². The van der Waals surface area contributed by atoms with Gasteiger partial charge in [0.25, 0.3) is 0 Å². The third-order valence-corrected chi connectivity index (χ3v) is 3.08. The second-order valence-corrected chi connectivity index (χ2v) is 4.95. The van der Waals surface area contributed by atoms with Crippen LogP contribution >= 0.6 is 15.9 Å². The van der Waals surface area contributed by atoms with E-state index >= 15 is 0 Å². The molecule has 1 nitrogen and oxygen atoms in total. The third kappa shape index (κ3) is 3.74. The number of hydrogen-bond donors (Lipinski definition) is 0. The lowest BCUT2D eigenvalue weighted by Gasteiger charge is -2.06. The second-order valence-electron chi connectivity index (χ2n) is 4.03. The van der Waals surface area contributed by atoms with E-state index < -0.39 is 0 Å². The van der Waals surface area contributed by atoms with E-state index in [1.165, 1.54) is 5.56 Å². The highest BCUT2D eigenvalue weighted by Gasteiger charge is 1.98. The molecule has 92 valence electrons. The molecule has 0 radical (unpaired) electrons. The predicted octanol–water partition coefficient (Wildman–Crippen LogP) is 4.85. The lowest BCUT2D eigenvalue weighted by Crippen LogP contribution is -1.95. The molecule has 0 spiro atoms. The lowest BCUT2D eigenvalue weighted by atomic mass is 10.2. The second kappa shape index (κ2) is 6.41. The standard InChI is InChI=1S/C16H15BrO/c1-13-12-15(17)9-10-16(13)18-11-5-8-14-6-3-2-4-7-14/h2-10,12H,11H2,1H3. The largest absolute Gasteiger partial charge is 0.489 e. The molecule has 2 heteroatoms. The Kier molecular flexibility index (Phi) is 4.59. The molecule has 0 fully saturated rings. The van der Waals surface area contributed by atoms with E-state index in [-0.39, 0.29) is 0 Å². The molecule has 0 N–H and O–H groups in total. The van der Waals surface area contributed by atoms with Crippen LogP contribution in [0, 0.1) is 6.92 Å². The first kappa shape index (κ1) is 12.9. The van der Waals surface area contributed by atoms with E-state index in [2.05, 4.69) is 40.2 Å². The van der Waals surface area contributed by atoms with Crippen LogP contribution in [0.5, 0.6) is 5.75 Å². The van der Waals surface area contributed by atoms with Gasteiger partial charge in [0.1, 0.15) is 12.4 Å². The van der Waals surface area contributed by atoms with Crippen molar-refractivity contribution in [2.24, 2.45) is 0 Å². The highest BCUT2D eigenvalue weighted by atomic mass is 79.9. The highest BCUT2D eigenvalue weighted by Crippen LogP contribution is 2.22. The maximum absolute atomic E-state index is 5.71. The maximum atomic E-state index is 5.71. The van der Waals surface area contributed by atoms with Gasteiger partial charge < -0.3 is 4.74 Å². The molecule has 0 unspecified atom stereocenters. The fraction of sp³-hybridized carbons (Fsp3) is 0.125. The zero-order chi connectivity index (χ0) is 12.8. The average molecular weight is 303 g/mol. The van der Waals surface area contributed by atoms with Gasteiger partial charge in [-0.15, -0.1) is 0 Å². The summed E-state index contributed by atoms with van der Waals surface area (Å²) in [4.78, 5) is 0. The summed E-state index contributed by atoms with van der Waals surface area (Å²) in [5.74, 6) is 0.927. The zero-order valence-electron chi connectivity index (χ0n) is 10.3. The molecule has 0 aliphatic heterocycles. The first-order valence-electron chi connectivity index (χ1n) is 5.86. The van der Waals surface area contributed by atoms with Crippen molar-refractivity contribution in [1.82, 2.24) is 0 Å². The SMILES string of the molecule is Cc1cc(Br)ccc1OCC=Cc1ccccc1.